The van der Waals surface area contributed by atoms with Crippen LogP contribution in [-0.2, 0) is 14.4 Å². The normalized spacial score (nSPS) is 18.4. The number of hydrogen-bond acceptors (Lipinski definition) is 4. The van der Waals surface area contributed by atoms with Gasteiger partial charge in [-0.25, -0.2) is 0 Å². The Morgan fingerprint density at radius 2 is 1.89 bits per heavy atom. The summed E-state index contributed by atoms with van der Waals surface area (Å²) in [5.74, 6) is -1.32. The van der Waals surface area contributed by atoms with E-state index in [2.05, 4.69) is 5.32 Å². The van der Waals surface area contributed by atoms with Crippen molar-refractivity contribution < 1.29 is 24.6 Å². The number of aliphatic hydroxyl groups excluding tert-OH is 1. The number of amides is 2. The van der Waals surface area contributed by atoms with Gasteiger partial charge < -0.3 is 20.4 Å². The molecule has 7 heteroatoms. The second-order valence-electron chi connectivity index (χ2n) is 4.66. The third-order valence-electron chi connectivity index (χ3n) is 3.00. The van der Waals surface area contributed by atoms with Crippen LogP contribution in [0.5, 0.6) is 0 Å². The first-order valence-corrected chi connectivity index (χ1v) is 6.43. The van der Waals surface area contributed by atoms with Crippen LogP contribution in [0.3, 0.4) is 0 Å². The first kappa shape index (κ1) is 15.4. The maximum Gasteiger partial charge on any atom is 0.303 e. The number of carbonyl (C=O) groups is 3. The second kappa shape index (κ2) is 7.73. The van der Waals surface area contributed by atoms with Gasteiger partial charge in [-0.15, -0.1) is 0 Å². The van der Waals surface area contributed by atoms with Crippen LogP contribution in [0.4, 0.5) is 0 Å². The number of carbonyl (C=O) groups excluding carboxylic acids is 2. The summed E-state index contributed by atoms with van der Waals surface area (Å²) in [5.41, 5.74) is 0. The van der Waals surface area contributed by atoms with Crippen LogP contribution in [-0.4, -0.2) is 58.6 Å². The van der Waals surface area contributed by atoms with Gasteiger partial charge in [-0.3, -0.25) is 14.4 Å². The van der Waals surface area contributed by atoms with Gasteiger partial charge in [-0.2, -0.15) is 0 Å². The molecule has 1 rings (SSSR count). The number of nitrogens with one attached hydrogen (secondary N) is 1. The van der Waals surface area contributed by atoms with Crippen LogP contribution in [0, 0.1) is 0 Å². The molecule has 0 aromatic heterocycles. The van der Waals surface area contributed by atoms with Crippen LogP contribution in [0.1, 0.15) is 32.1 Å². The zero-order valence-corrected chi connectivity index (χ0v) is 10.8. The molecule has 3 N–H and O–H groups in total. The molecular formula is C12H20N2O5. The van der Waals surface area contributed by atoms with Crippen molar-refractivity contribution in [3.05, 3.63) is 0 Å². The van der Waals surface area contributed by atoms with Crippen LogP contribution >= 0.6 is 0 Å². The third-order valence-corrected chi connectivity index (χ3v) is 3.00. The summed E-state index contributed by atoms with van der Waals surface area (Å²) in [6.45, 7) is 0.784. The van der Waals surface area contributed by atoms with E-state index in [-0.39, 0.29) is 31.2 Å². The molecule has 0 aromatic rings. The fourth-order valence-electron chi connectivity index (χ4n) is 1.90. The second-order valence-corrected chi connectivity index (χ2v) is 4.66. The fourth-order valence-corrected chi connectivity index (χ4v) is 1.90. The summed E-state index contributed by atoms with van der Waals surface area (Å²) in [5, 5.41) is 20.2. The number of likely N-dealkylation sites (tertiary alicyclic amines) is 1. The molecule has 2 amide bonds. The van der Waals surface area contributed by atoms with Gasteiger partial charge in [-0.1, -0.05) is 0 Å². The van der Waals surface area contributed by atoms with E-state index in [0.29, 0.717) is 32.4 Å². The number of nitrogens with zero attached hydrogens (tertiary/aromatic N) is 1. The summed E-state index contributed by atoms with van der Waals surface area (Å²) in [4.78, 5) is 34.8. The van der Waals surface area contributed by atoms with Gasteiger partial charge in [0.1, 0.15) is 0 Å². The van der Waals surface area contributed by atoms with Crippen LogP contribution in [0.2, 0.25) is 0 Å². The Morgan fingerprint density at radius 3 is 2.47 bits per heavy atom. The van der Waals surface area contributed by atoms with Crippen LogP contribution in [0.25, 0.3) is 0 Å². The molecule has 0 bridgehead atoms. The largest absolute Gasteiger partial charge is 0.481 e. The van der Waals surface area contributed by atoms with E-state index in [1.54, 1.807) is 0 Å². The highest BCUT2D eigenvalue weighted by Gasteiger charge is 2.24. The minimum atomic E-state index is -0.872. The van der Waals surface area contributed by atoms with Crippen molar-refractivity contribution in [2.45, 2.75) is 38.2 Å². The summed E-state index contributed by atoms with van der Waals surface area (Å²) in [6, 6.07) is 0. The maximum absolute atomic E-state index is 11.6. The molecule has 0 radical (unpaired) electrons. The Hall–Kier alpha value is -1.63. The molecule has 1 heterocycles. The number of rotatable bonds is 7. The molecule has 108 valence electrons. The molecule has 7 nitrogen and oxygen atoms in total. The zero-order valence-electron chi connectivity index (χ0n) is 10.8. The van der Waals surface area contributed by atoms with Crippen molar-refractivity contribution in [2.24, 2.45) is 0 Å². The van der Waals surface area contributed by atoms with Gasteiger partial charge >= 0.3 is 5.97 Å². The van der Waals surface area contributed by atoms with E-state index in [1.165, 1.54) is 4.90 Å². The molecule has 0 aliphatic carbocycles. The van der Waals surface area contributed by atoms with Crippen molar-refractivity contribution in [3.63, 3.8) is 0 Å². The number of aliphatic hydroxyl groups is 1. The summed E-state index contributed by atoms with van der Waals surface area (Å²) in [6.07, 6.45) is 1.34. The van der Waals surface area contributed by atoms with E-state index >= 15 is 0 Å². The SMILES string of the molecule is O=C(O)CCCCC(=O)NCC(=O)N1CCC(O)C1. The minimum absolute atomic E-state index is 0.0534. The van der Waals surface area contributed by atoms with Crippen molar-refractivity contribution in [1.29, 1.82) is 0 Å². The van der Waals surface area contributed by atoms with Crippen molar-refractivity contribution in [1.82, 2.24) is 10.2 Å². The predicted octanol–water partition coefficient (Wildman–Crippen LogP) is -0.659. The zero-order chi connectivity index (χ0) is 14.3. The molecule has 1 unspecified atom stereocenters. The van der Waals surface area contributed by atoms with E-state index in [0.717, 1.165) is 0 Å². The molecule has 19 heavy (non-hydrogen) atoms. The van der Waals surface area contributed by atoms with Crippen molar-refractivity contribution in [2.75, 3.05) is 19.6 Å². The highest BCUT2D eigenvalue weighted by atomic mass is 16.4. The average molecular weight is 272 g/mol. The molecule has 0 aromatic carbocycles. The Labute approximate surface area is 111 Å². The monoisotopic (exact) mass is 272 g/mol. The lowest BCUT2D eigenvalue weighted by Gasteiger charge is -2.15. The lowest BCUT2D eigenvalue weighted by Crippen LogP contribution is -2.39. The lowest BCUT2D eigenvalue weighted by atomic mass is 10.2. The van der Waals surface area contributed by atoms with Gasteiger partial charge in [0.2, 0.25) is 11.8 Å². The van der Waals surface area contributed by atoms with Crippen LogP contribution in [0.15, 0.2) is 0 Å². The summed E-state index contributed by atoms with van der Waals surface area (Å²) < 4.78 is 0. The fraction of sp³-hybridized carbons (Fsp3) is 0.750. The number of unbranched alkanes of at least 4 members (excludes halogenated alkanes) is 1. The first-order chi connectivity index (χ1) is 8.99. The van der Waals surface area contributed by atoms with Gasteiger partial charge in [-0.05, 0) is 19.3 Å². The van der Waals surface area contributed by atoms with Gasteiger partial charge in [0.15, 0.2) is 0 Å². The Kier molecular flexibility index (Phi) is 6.27. The third kappa shape index (κ3) is 6.19. The van der Waals surface area contributed by atoms with E-state index in [4.69, 9.17) is 5.11 Å². The topological polar surface area (TPSA) is 107 Å². The number of aliphatic carboxylic acids is 1. The average Bonchev–Trinajstić information content (AvgIpc) is 2.78. The predicted molar refractivity (Wildman–Crippen MR) is 66.3 cm³/mol. The molecule has 1 atom stereocenters. The number of hydrogen-bond donors (Lipinski definition) is 3. The smallest absolute Gasteiger partial charge is 0.303 e. The van der Waals surface area contributed by atoms with Crippen molar-refractivity contribution >= 4 is 17.8 Å². The van der Waals surface area contributed by atoms with Gasteiger partial charge in [0.05, 0.1) is 12.6 Å². The molecular weight excluding hydrogens is 252 g/mol. The van der Waals surface area contributed by atoms with E-state index < -0.39 is 12.1 Å². The molecule has 1 fully saturated rings. The quantitative estimate of drug-likeness (QED) is 0.533. The molecule has 0 spiro atoms. The van der Waals surface area contributed by atoms with E-state index in [1.807, 2.05) is 0 Å². The standard InChI is InChI=1S/C12H20N2O5/c15-9-5-6-14(8-9)11(17)7-13-10(16)3-1-2-4-12(18)19/h9,15H,1-8H2,(H,13,16)(H,18,19). The maximum atomic E-state index is 11.6. The highest BCUT2D eigenvalue weighted by Crippen LogP contribution is 2.08. The molecule has 1 aliphatic rings. The number of carboxylic acid groups (broad SMARTS) is 1. The van der Waals surface area contributed by atoms with Gasteiger partial charge in [0, 0.05) is 25.9 Å². The molecule has 1 aliphatic heterocycles. The highest BCUT2D eigenvalue weighted by molar-refractivity contribution is 5.84. The van der Waals surface area contributed by atoms with E-state index in [9.17, 15) is 19.5 Å². The molecule has 1 saturated heterocycles. The summed E-state index contributed by atoms with van der Waals surface area (Å²) >= 11 is 0. The number of β-amino-alcohol motifs (C(OH)–C–C–N with tert-alkyl or cyclic N) is 1. The van der Waals surface area contributed by atoms with Gasteiger partial charge in [0.25, 0.3) is 0 Å². The molecule has 0 saturated carbocycles. The Bertz CT molecular complexity index is 345. The first-order valence-electron chi connectivity index (χ1n) is 6.43. The minimum Gasteiger partial charge on any atom is -0.481 e. The van der Waals surface area contributed by atoms with Crippen molar-refractivity contribution in [3.8, 4) is 0 Å². The number of carboxylic acids is 1. The lowest BCUT2D eigenvalue weighted by molar-refractivity contribution is -0.137. The summed E-state index contributed by atoms with van der Waals surface area (Å²) in [7, 11) is 0. The van der Waals surface area contributed by atoms with Crippen LogP contribution < -0.4 is 5.32 Å². The Morgan fingerprint density at radius 1 is 1.21 bits per heavy atom. The Balaban J connectivity index is 2.09.